The van der Waals surface area contributed by atoms with Gasteiger partial charge in [-0.25, -0.2) is 4.39 Å². The lowest BCUT2D eigenvalue weighted by molar-refractivity contribution is -0.126. The fraction of sp³-hybridized carbons (Fsp3) is 0.368. The van der Waals surface area contributed by atoms with Crippen molar-refractivity contribution in [2.24, 2.45) is 0 Å². The van der Waals surface area contributed by atoms with Gasteiger partial charge in [-0.1, -0.05) is 31.0 Å². The van der Waals surface area contributed by atoms with Crippen LogP contribution in [0.15, 0.2) is 48.7 Å². The molecule has 1 heterocycles. The van der Waals surface area contributed by atoms with Crippen LogP contribution in [0.3, 0.4) is 0 Å². The van der Waals surface area contributed by atoms with Crippen molar-refractivity contribution in [2.75, 3.05) is 0 Å². The molecule has 0 radical (unpaired) electrons. The maximum atomic E-state index is 13.6. The molecule has 24 heavy (non-hydrogen) atoms. The van der Waals surface area contributed by atoms with Crippen LogP contribution in [0.25, 0.3) is 0 Å². The standard InChI is InChI=1S/C19H21FN2O2/c20-15-7-5-6-14(12-15)18(16-8-1-4-11-21-16)22-17(23)13-19(24)9-2-3-10-19/h1,4-8,11-12,18,24H,2-3,9-10,13H2,(H,22,23). The molecule has 5 heteroatoms. The molecule has 0 saturated heterocycles. The molecule has 1 atom stereocenters. The minimum Gasteiger partial charge on any atom is -0.389 e. The van der Waals surface area contributed by atoms with Gasteiger partial charge in [0, 0.05) is 6.20 Å². The summed E-state index contributed by atoms with van der Waals surface area (Å²) in [6.45, 7) is 0. The first-order valence-electron chi connectivity index (χ1n) is 8.24. The van der Waals surface area contributed by atoms with Gasteiger partial charge in [0.1, 0.15) is 5.82 Å². The summed E-state index contributed by atoms with van der Waals surface area (Å²) in [6, 6.07) is 11.0. The summed E-state index contributed by atoms with van der Waals surface area (Å²) in [7, 11) is 0. The predicted octanol–water partition coefficient (Wildman–Crippen LogP) is 3.12. The number of nitrogens with zero attached hydrogens (tertiary/aromatic N) is 1. The maximum Gasteiger partial charge on any atom is 0.223 e. The van der Waals surface area contributed by atoms with E-state index in [-0.39, 0.29) is 18.1 Å². The summed E-state index contributed by atoms with van der Waals surface area (Å²) in [4.78, 5) is 16.7. The first-order valence-corrected chi connectivity index (χ1v) is 8.24. The third-order valence-electron chi connectivity index (χ3n) is 4.49. The van der Waals surface area contributed by atoms with Gasteiger partial charge in [-0.05, 0) is 42.7 Å². The first kappa shape index (κ1) is 16.6. The van der Waals surface area contributed by atoms with Crippen LogP contribution in [0, 0.1) is 5.82 Å². The second kappa shape index (κ2) is 7.09. The summed E-state index contributed by atoms with van der Waals surface area (Å²) >= 11 is 0. The van der Waals surface area contributed by atoms with E-state index in [1.807, 2.05) is 6.07 Å². The maximum absolute atomic E-state index is 13.6. The van der Waals surface area contributed by atoms with Crippen LogP contribution < -0.4 is 5.32 Å². The molecule has 126 valence electrons. The summed E-state index contributed by atoms with van der Waals surface area (Å²) < 4.78 is 13.6. The first-order chi connectivity index (χ1) is 11.6. The molecule has 1 unspecified atom stereocenters. The summed E-state index contributed by atoms with van der Waals surface area (Å²) in [5, 5.41) is 13.3. The number of benzene rings is 1. The van der Waals surface area contributed by atoms with Crippen molar-refractivity contribution in [1.82, 2.24) is 10.3 Å². The van der Waals surface area contributed by atoms with Gasteiger partial charge in [-0.3, -0.25) is 9.78 Å². The van der Waals surface area contributed by atoms with Crippen molar-refractivity contribution in [3.63, 3.8) is 0 Å². The SMILES string of the molecule is O=C(CC1(O)CCCC1)NC(c1cccc(F)c1)c1ccccn1. The quantitative estimate of drug-likeness (QED) is 0.886. The van der Waals surface area contributed by atoms with Crippen LogP contribution in [0.5, 0.6) is 0 Å². The lowest BCUT2D eigenvalue weighted by Crippen LogP contribution is -2.37. The molecule has 2 N–H and O–H groups in total. The molecule has 2 aromatic rings. The average molecular weight is 328 g/mol. The van der Waals surface area contributed by atoms with Crippen LogP contribution in [0.4, 0.5) is 4.39 Å². The van der Waals surface area contributed by atoms with E-state index in [1.54, 1.807) is 30.5 Å². The van der Waals surface area contributed by atoms with E-state index in [0.29, 0.717) is 24.1 Å². The molecule has 1 aromatic carbocycles. The number of halogens is 1. The number of amides is 1. The minimum atomic E-state index is -0.916. The zero-order chi connectivity index (χ0) is 17.0. The zero-order valence-electron chi connectivity index (χ0n) is 13.4. The van der Waals surface area contributed by atoms with E-state index in [0.717, 1.165) is 12.8 Å². The number of carbonyl (C=O) groups excluding carboxylic acids is 1. The van der Waals surface area contributed by atoms with E-state index in [2.05, 4.69) is 10.3 Å². The van der Waals surface area contributed by atoms with Crippen LogP contribution in [-0.4, -0.2) is 21.6 Å². The molecule has 4 nitrogen and oxygen atoms in total. The number of aromatic nitrogens is 1. The Bertz CT molecular complexity index is 700. The van der Waals surface area contributed by atoms with Gasteiger partial charge >= 0.3 is 0 Å². The number of hydrogen-bond acceptors (Lipinski definition) is 3. The highest BCUT2D eigenvalue weighted by Gasteiger charge is 2.34. The molecule has 1 fully saturated rings. The molecule has 1 amide bonds. The molecular weight excluding hydrogens is 307 g/mol. The summed E-state index contributed by atoms with van der Waals surface area (Å²) in [6.07, 6.45) is 4.88. The van der Waals surface area contributed by atoms with Crippen LogP contribution >= 0.6 is 0 Å². The average Bonchev–Trinajstić information content (AvgIpc) is 2.99. The van der Waals surface area contributed by atoms with Crippen molar-refractivity contribution in [1.29, 1.82) is 0 Å². The highest BCUT2D eigenvalue weighted by Crippen LogP contribution is 2.32. The third-order valence-corrected chi connectivity index (χ3v) is 4.49. The number of nitrogens with one attached hydrogen (secondary N) is 1. The van der Waals surface area contributed by atoms with E-state index in [1.165, 1.54) is 12.1 Å². The molecule has 1 aliphatic carbocycles. The predicted molar refractivity (Wildman–Crippen MR) is 88.7 cm³/mol. The van der Waals surface area contributed by atoms with Crippen LogP contribution in [-0.2, 0) is 4.79 Å². The Morgan fingerprint density at radius 3 is 2.71 bits per heavy atom. The number of carbonyl (C=O) groups is 1. The lowest BCUT2D eigenvalue weighted by Gasteiger charge is -2.24. The second-order valence-electron chi connectivity index (χ2n) is 6.42. The normalized spacial score (nSPS) is 17.4. The molecule has 0 aliphatic heterocycles. The Kier molecular flexibility index (Phi) is 4.90. The molecule has 3 rings (SSSR count). The van der Waals surface area contributed by atoms with Crippen molar-refractivity contribution in [3.05, 3.63) is 65.7 Å². The van der Waals surface area contributed by atoms with Crippen LogP contribution in [0.2, 0.25) is 0 Å². The van der Waals surface area contributed by atoms with Crippen molar-refractivity contribution < 1.29 is 14.3 Å². The Balaban J connectivity index is 1.81. The van der Waals surface area contributed by atoms with Gasteiger partial charge in [-0.15, -0.1) is 0 Å². The smallest absolute Gasteiger partial charge is 0.223 e. The zero-order valence-corrected chi connectivity index (χ0v) is 13.4. The summed E-state index contributed by atoms with van der Waals surface area (Å²) in [5.74, 6) is -0.614. The van der Waals surface area contributed by atoms with Gasteiger partial charge in [0.15, 0.2) is 0 Å². The Hall–Kier alpha value is -2.27. The van der Waals surface area contributed by atoms with Gasteiger partial charge in [-0.2, -0.15) is 0 Å². The fourth-order valence-corrected chi connectivity index (χ4v) is 3.28. The van der Waals surface area contributed by atoms with E-state index in [4.69, 9.17) is 0 Å². The number of pyridine rings is 1. The number of aliphatic hydroxyl groups is 1. The molecular formula is C19H21FN2O2. The second-order valence-corrected chi connectivity index (χ2v) is 6.42. The monoisotopic (exact) mass is 328 g/mol. The number of rotatable bonds is 5. The van der Waals surface area contributed by atoms with Gasteiger partial charge < -0.3 is 10.4 Å². The van der Waals surface area contributed by atoms with Gasteiger partial charge in [0.05, 0.1) is 23.8 Å². The number of hydrogen-bond donors (Lipinski definition) is 2. The minimum absolute atomic E-state index is 0.0612. The summed E-state index contributed by atoms with van der Waals surface area (Å²) in [5.41, 5.74) is 0.344. The Morgan fingerprint density at radius 2 is 2.04 bits per heavy atom. The van der Waals surface area contributed by atoms with Crippen LogP contribution in [0.1, 0.15) is 49.4 Å². The molecule has 0 spiro atoms. The fourth-order valence-electron chi connectivity index (χ4n) is 3.28. The molecule has 1 saturated carbocycles. The van der Waals surface area contributed by atoms with Crippen molar-refractivity contribution >= 4 is 5.91 Å². The molecule has 1 aromatic heterocycles. The highest BCUT2D eigenvalue weighted by molar-refractivity contribution is 5.78. The van der Waals surface area contributed by atoms with Crippen molar-refractivity contribution in [3.8, 4) is 0 Å². The van der Waals surface area contributed by atoms with E-state index in [9.17, 15) is 14.3 Å². The van der Waals surface area contributed by atoms with Crippen molar-refractivity contribution in [2.45, 2.75) is 43.7 Å². The Morgan fingerprint density at radius 1 is 1.25 bits per heavy atom. The topological polar surface area (TPSA) is 62.2 Å². The molecule has 1 aliphatic rings. The van der Waals surface area contributed by atoms with Gasteiger partial charge in [0.25, 0.3) is 0 Å². The van der Waals surface area contributed by atoms with E-state index < -0.39 is 11.6 Å². The molecule has 0 bridgehead atoms. The lowest BCUT2D eigenvalue weighted by atomic mass is 9.96. The highest BCUT2D eigenvalue weighted by atomic mass is 19.1. The largest absolute Gasteiger partial charge is 0.389 e. The third kappa shape index (κ3) is 3.97. The Labute approximate surface area is 140 Å². The van der Waals surface area contributed by atoms with E-state index >= 15 is 0 Å². The van der Waals surface area contributed by atoms with Gasteiger partial charge in [0.2, 0.25) is 5.91 Å².